The van der Waals surface area contributed by atoms with Gasteiger partial charge in [0.05, 0.1) is 12.5 Å². The Morgan fingerprint density at radius 1 is 1.39 bits per heavy atom. The number of imidazole rings is 1. The number of aromatic nitrogens is 2. The van der Waals surface area contributed by atoms with Gasteiger partial charge in [0.1, 0.15) is 5.69 Å². The summed E-state index contributed by atoms with van der Waals surface area (Å²) in [5.74, 6) is 0.461. The number of amides is 1. The molecule has 0 saturated heterocycles. The maximum Gasteiger partial charge on any atom is 0.223 e. The minimum Gasteiger partial charge on any atom is -0.356 e. The van der Waals surface area contributed by atoms with Crippen LogP contribution in [0.15, 0.2) is 12.5 Å². The molecular formula is C12H16ClN3O2. The van der Waals surface area contributed by atoms with Gasteiger partial charge in [-0.3, -0.25) is 9.59 Å². The summed E-state index contributed by atoms with van der Waals surface area (Å²) < 4.78 is 0. The standard InChI is InChI=1S/C12H15N3O2.ClH/c16-11(10-5-13-6-15-10)8-3-9(8)12(17)14-4-7-1-2-7;/h5-9H,1-4H2,(H,13,15)(H,14,17);1H/t8-,9+;/m0./s1. The van der Waals surface area contributed by atoms with Crippen LogP contribution >= 0.6 is 12.4 Å². The third-order valence-corrected chi connectivity index (χ3v) is 3.49. The Morgan fingerprint density at radius 2 is 2.17 bits per heavy atom. The highest BCUT2D eigenvalue weighted by atomic mass is 35.5. The number of carbonyl (C=O) groups excluding carboxylic acids is 2. The minimum atomic E-state index is -0.144. The molecule has 98 valence electrons. The highest BCUT2D eigenvalue weighted by Crippen LogP contribution is 2.41. The number of ketones is 1. The van der Waals surface area contributed by atoms with Crippen molar-refractivity contribution in [1.82, 2.24) is 15.3 Å². The van der Waals surface area contributed by atoms with Crippen LogP contribution in [0.25, 0.3) is 0 Å². The van der Waals surface area contributed by atoms with Gasteiger partial charge in [-0.1, -0.05) is 0 Å². The molecule has 1 aromatic rings. The van der Waals surface area contributed by atoms with Crippen molar-refractivity contribution < 1.29 is 9.59 Å². The van der Waals surface area contributed by atoms with Crippen molar-refractivity contribution in [3.8, 4) is 0 Å². The van der Waals surface area contributed by atoms with Crippen LogP contribution in [0.3, 0.4) is 0 Å². The van der Waals surface area contributed by atoms with Crippen molar-refractivity contribution in [2.45, 2.75) is 19.3 Å². The summed E-state index contributed by atoms with van der Waals surface area (Å²) in [6, 6.07) is 0. The molecule has 1 amide bonds. The van der Waals surface area contributed by atoms with E-state index < -0.39 is 0 Å². The maximum atomic E-state index is 11.9. The molecule has 0 radical (unpaired) electrons. The Bertz CT molecular complexity index is 442. The van der Waals surface area contributed by atoms with E-state index in [2.05, 4.69) is 15.3 Å². The molecule has 2 saturated carbocycles. The fourth-order valence-electron chi connectivity index (χ4n) is 2.06. The average molecular weight is 270 g/mol. The van der Waals surface area contributed by atoms with Crippen molar-refractivity contribution in [3.63, 3.8) is 0 Å². The number of hydrogen-bond donors (Lipinski definition) is 2. The molecule has 0 unspecified atom stereocenters. The summed E-state index contributed by atoms with van der Waals surface area (Å²) in [5.41, 5.74) is 0.507. The predicted octanol–water partition coefficient (Wildman–Crippen LogP) is 1.18. The van der Waals surface area contributed by atoms with Gasteiger partial charge in [-0.05, 0) is 25.2 Å². The SMILES string of the molecule is Cl.O=C(c1cnc[nH]1)[C@H]1C[C@H]1C(=O)NCC1CC1. The first-order chi connectivity index (χ1) is 8.25. The van der Waals surface area contributed by atoms with Crippen molar-refractivity contribution >= 4 is 24.1 Å². The Hall–Kier alpha value is -1.36. The van der Waals surface area contributed by atoms with E-state index in [1.807, 2.05) is 0 Å². The Labute approximate surface area is 111 Å². The Morgan fingerprint density at radius 3 is 2.78 bits per heavy atom. The van der Waals surface area contributed by atoms with E-state index in [0.717, 1.165) is 6.54 Å². The van der Waals surface area contributed by atoms with E-state index in [1.54, 1.807) is 0 Å². The van der Waals surface area contributed by atoms with Crippen LogP contribution in [0, 0.1) is 17.8 Å². The number of hydrogen-bond acceptors (Lipinski definition) is 3. The second-order valence-corrected chi connectivity index (χ2v) is 4.97. The van der Waals surface area contributed by atoms with E-state index in [-0.39, 0.29) is 35.9 Å². The van der Waals surface area contributed by atoms with Crippen molar-refractivity contribution in [3.05, 3.63) is 18.2 Å². The Kier molecular flexibility index (Phi) is 3.71. The van der Waals surface area contributed by atoms with Gasteiger partial charge in [-0.25, -0.2) is 4.98 Å². The lowest BCUT2D eigenvalue weighted by atomic mass is 10.1. The number of nitrogens with zero attached hydrogens (tertiary/aromatic N) is 1. The zero-order valence-electron chi connectivity index (χ0n) is 9.89. The maximum absolute atomic E-state index is 11.9. The van der Waals surface area contributed by atoms with Crippen molar-refractivity contribution in [2.24, 2.45) is 17.8 Å². The van der Waals surface area contributed by atoms with Crippen LogP contribution in [0.5, 0.6) is 0 Å². The molecule has 1 heterocycles. The quantitative estimate of drug-likeness (QED) is 0.788. The number of halogens is 1. The zero-order valence-corrected chi connectivity index (χ0v) is 10.7. The highest BCUT2D eigenvalue weighted by Gasteiger charge is 2.48. The lowest BCUT2D eigenvalue weighted by Gasteiger charge is -2.02. The molecule has 2 fully saturated rings. The number of carbonyl (C=O) groups is 2. The smallest absolute Gasteiger partial charge is 0.223 e. The topological polar surface area (TPSA) is 74.8 Å². The minimum absolute atomic E-state index is 0. The molecule has 1 aromatic heterocycles. The lowest BCUT2D eigenvalue weighted by Crippen LogP contribution is -2.28. The molecule has 5 nitrogen and oxygen atoms in total. The fourth-order valence-corrected chi connectivity index (χ4v) is 2.06. The van der Waals surface area contributed by atoms with Gasteiger partial charge in [0.25, 0.3) is 0 Å². The molecule has 2 N–H and O–H groups in total. The summed E-state index contributed by atoms with van der Waals surface area (Å²) in [5, 5.41) is 2.92. The molecule has 2 atom stereocenters. The lowest BCUT2D eigenvalue weighted by molar-refractivity contribution is -0.122. The zero-order chi connectivity index (χ0) is 11.8. The number of Topliss-reactive ketones (excluding diaryl/α,β-unsaturated/α-hetero) is 1. The molecule has 0 bridgehead atoms. The van der Waals surface area contributed by atoms with Crippen molar-refractivity contribution in [1.29, 1.82) is 0 Å². The summed E-state index contributed by atoms with van der Waals surface area (Å²) in [6.07, 6.45) is 6.12. The second-order valence-electron chi connectivity index (χ2n) is 4.97. The molecule has 3 rings (SSSR count). The van der Waals surface area contributed by atoms with E-state index in [1.165, 1.54) is 25.4 Å². The normalized spacial score (nSPS) is 25.1. The van der Waals surface area contributed by atoms with Gasteiger partial charge < -0.3 is 10.3 Å². The third kappa shape index (κ3) is 2.72. The summed E-state index contributed by atoms with van der Waals surface area (Å²) in [6.45, 7) is 0.778. The summed E-state index contributed by atoms with van der Waals surface area (Å²) >= 11 is 0. The van der Waals surface area contributed by atoms with Gasteiger partial charge in [-0.2, -0.15) is 0 Å². The van der Waals surface area contributed by atoms with Gasteiger partial charge in [-0.15, -0.1) is 12.4 Å². The summed E-state index contributed by atoms with van der Waals surface area (Å²) in [4.78, 5) is 30.2. The third-order valence-electron chi connectivity index (χ3n) is 3.49. The van der Waals surface area contributed by atoms with Crippen LogP contribution in [0.4, 0.5) is 0 Å². The van der Waals surface area contributed by atoms with Crippen LogP contribution in [0.2, 0.25) is 0 Å². The highest BCUT2D eigenvalue weighted by molar-refractivity contribution is 6.02. The molecule has 0 spiro atoms. The van der Waals surface area contributed by atoms with E-state index >= 15 is 0 Å². The number of rotatable bonds is 5. The molecular weight excluding hydrogens is 254 g/mol. The van der Waals surface area contributed by atoms with Crippen LogP contribution in [0.1, 0.15) is 29.8 Å². The second kappa shape index (κ2) is 5.10. The molecule has 6 heteroatoms. The molecule has 2 aliphatic rings. The van der Waals surface area contributed by atoms with Crippen LogP contribution in [-0.4, -0.2) is 28.2 Å². The predicted molar refractivity (Wildman–Crippen MR) is 67.5 cm³/mol. The van der Waals surface area contributed by atoms with Gasteiger partial charge >= 0.3 is 0 Å². The van der Waals surface area contributed by atoms with E-state index in [9.17, 15) is 9.59 Å². The van der Waals surface area contributed by atoms with Crippen molar-refractivity contribution in [2.75, 3.05) is 6.54 Å². The van der Waals surface area contributed by atoms with E-state index in [4.69, 9.17) is 0 Å². The first-order valence-electron chi connectivity index (χ1n) is 6.06. The monoisotopic (exact) mass is 269 g/mol. The van der Waals surface area contributed by atoms with Gasteiger partial charge in [0, 0.05) is 18.4 Å². The largest absolute Gasteiger partial charge is 0.356 e. The van der Waals surface area contributed by atoms with Gasteiger partial charge in [0.2, 0.25) is 5.91 Å². The molecule has 0 aromatic carbocycles. The number of aromatic amines is 1. The van der Waals surface area contributed by atoms with E-state index in [0.29, 0.717) is 18.0 Å². The first kappa shape index (κ1) is 13.1. The van der Waals surface area contributed by atoms with Crippen LogP contribution < -0.4 is 5.32 Å². The number of nitrogens with one attached hydrogen (secondary N) is 2. The fraction of sp³-hybridized carbons (Fsp3) is 0.583. The Balaban J connectivity index is 0.00000120. The molecule has 18 heavy (non-hydrogen) atoms. The molecule has 0 aliphatic heterocycles. The average Bonchev–Trinajstić information content (AvgIpc) is 3.24. The summed E-state index contributed by atoms with van der Waals surface area (Å²) in [7, 11) is 0. The first-order valence-corrected chi connectivity index (χ1v) is 6.06. The molecule has 2 aliphatic carbocycles. The van der Waals surface area contributed by atoms with Gasteiger partial charge in [0.15, 0.2) is 5.78 Å². The van der Waals surface area contributed by atoms with Crippen LogP contribution in [-0.2, 0) is 4.79 Å². The number of H-pyrrole nitrogens is 1.